The van der Waals surface area contributed by atoms with Gasteiger partial charge >= 0.3 is 5.97 Å². The van der Waals surface area contributed by atoms with E-state index in [1.165, 1.54) is 0 Å². The summed E-state index contributed by atoms with van der Waals surface area (Å²) in [6, 6.07) is 1.82. The number of nitrogens with zero attached hydrogens (tertiary/aromatic N) is 1. The Kier molecular flexibility index (Phi) is 1.30. The molecule has 0 bridgehead atoms. The van der Waals surface area contributed by atoms with Crippen molar-refractivity contribution in [1.29, 1.82) is 0 Å². The van der Waals surface area contributed by atoms with E-state index in [-0.39, 0.29) is 5.97 Å². The van der Waals surface area contributed by atoms with Crippen LogP contribution in [0.3, 0.4) is 0 Å². The Morgan fingerprint density at radius 3 is 3.17 bits per heavy atom. The third-order valence-corrected chi connectivity index (χ3v) is 1.75. The van der Waals surface area contributed by atoms with Crippen LogP contribution in [0.4, 0.5) is 5.82 Å². The summed E-state index contributed by atoms with van der Waals surface area (Å²) in [6.45, 7) is 1.83. The number of esters is 1. The molecule has 4 nitrogen and oxygen atoms in total. The van der Waals surface area contributed by atoms with Gasteiger partial charge in [0.25, 0.3) is 0 Å². The zero-order valence-electron chi connectivity index (χ0n) is 6.63. The second-order valence-corrected chi connectivity index (χ2v) is 2.79. The number of rotatable bonds is 0. The molecule has 12 heavy (non-hydrogen) atoms. The number of aromatic nitrogens is 1. The van der Waals surface area contributed by atoms with Gasteiger partial charge in [-0.05, 0) is 13.0 Å². The minimum atomic E-state index is -0.260. The number of fused-ring (bicyclic) bond motifs is 1. The maximum Gasteiger partial charge on any atom is 0.315 e. The van der Waals surface area contributed by atoms with Gasteiger partial charge in [-0.15, -0.1) is 0 Å². The number of ether oxygens (including phenoxy) is 1. The molecular formula is C8H8N2O2. The van der Waals surface area contributed by atoms with Crippen molar-refractivity contribution in [3.63, 3.8) is 0 Å². The van der Waals surface area contributed by atoms with Crippen LogP contribution in [0.5, 0.6) is 5.75 Å². The fourth-order valence-corrected chi connectivity index (χ4v) is 1.31. The predicted octanol–water partition coefficient (Wildman–Crippen LogP) is 0.434. The first-order chi connectivity index (χ1) is 5.66. The Morgan fingerprint density at radius 1 is 1.67 bits per heavy atom. The fourth-order valence-electron chi connectivity index (χ4n) is 1.31. The second-order valence-electron chi connectivity index (χ2n) is 2.79. The third-order valence-electron chi connectivity index (χ3n) is 1.75. The maximum absolute atomic E-state index is 10.9. The molecule has 0 aromatic carbocycles. The standard InChI is InChI=1S/C8H8N2O2/c1-4-2-5-3-6(11)12-7(5)8(9)10-4/h2H,3H2,1H3,(H2,9,10). The molecule has 62 valence electrons. The molecule has 0 saturated carbocycles. The highest BCUT2D eigenvalue weighted by Crippen LogP contribution is 2.30. The van der Waals surface area contributed by atoms with E-state index in [0.717, 1.165) is 11.3 Å². The Labute approximate surface area is 69.4 Å². The van der Waals surface area contributed by atoms with Crippen LogP contribution in [-0.4, -0.2) is 11.0 Å². The molecule has 2 rings (SSSR count). The molecule has 2 N–H and O–H groups in total. The largest absolute Gasteiger partial charge is 0.422 e. The predicted molar refractivity (Wildman–Crippen MR) is 42.7 cm³/mol. The quantitative estimate of drug-likeness (QED) is 0.565. The summed E-state index contributed by atoms with van der Waals surface area (Å²) < 4.78 is 4.87. The molecule has 0 atom stereocenters. The molecule has 1 aliphatic rings. The number of hydrogen-bond acceptors (Lipinski definition) is 4. The number of hydrogen-bond donors (Lipinski definition) is 1. The van der Waals surface area contributed by atoms with Gasteiger partial charge in [0.2, 0.25) is 0 Å². The molecule has 1 aliphatic heterocycles. The molecular weight excluding hydrogens is 156 g/mol. The van der Waals surface area contributed by atoms with Crippen LogP contribution < -0.4 is 10.5 Å². The van der Waals surface area contributed by atoms with Crippen molar-refractivity contribution in [2.75, 3.05) is 5.73 Å². The van der Waals surface area contributed by atoms with Crippen LogP contribution in [-0.2, 0) is 11.2 Å². The summed E-state index contributed by atoms with van der Waals surface area (Å²) in [5.41, 5.74) is 7.19. The van der Waals surface area contributed by atoms with Gasteiger partial charge in [0, 0.05) is 11.3 Å². The summed E-state index contributed by atoms with van der Waals surface area (Å²) in [7, 11) is 0. The van der Waals surface area contributed by atoms with Crippen LogP contribution in [0.1, 0.15) is 11.3 Å². The van der Waals surface area contributed by atoms with Gasteiger partial charge in [-0.3, -0.25) is 4.79 Å². The SMILES string of the molecule is Cc1cc2c(c(N)n1)OC(=O)C2. The van der Waals surface area contributed by atoms with Crippen molar-refractivity contribution >= 4 is 11.8 Å². The van der Waals surface area contributed by atoms with E-state index in [1.807, 2.05) is 13.0 Å². The lowest BCUT2D eigenvalue weighted by atomic mass is 10.2. The first-order valence-corrected chi connectivity index (χ1v) is 3.63. The smallest absolute Gasteiger partial charge is 0.315 e. The Hall–Kier alpha value is -1.58. The minimum absolute atomic E-state index is 0.260. The number of aryl methyl sites for hydroxylation is 1. The zero-order valence-corrected chi connectivity index (χ0v) is 6.63. The Morgan fingerprint density at radius 2 is 2.42 bits per heavy atom. The number of carbonyl (C=O) groups excluding carboxylic acids is 1. The van der Waals surface area contributed by atoms with Crippen molar-refractivity contribution in [3.05, 3.63) is 17.3 Å². The average Bonchev–Trinajstić information content (AvgIpc) is 2.29. The molecule has 0 radical (unpaired) electrons. The number of pyridine rings is 1. The van der Waals surface area contributed by atoms with Crippen LogP contribution in [0.15, 0.2) is 6.07 Å². The topological polar surface area (TPSA) is 65.2 Å². The molecule has 1 aromatic heterocycles. The van der Waals surface area contributed by atoms with Gasteiger partial charge in [-0.2, -0.15) is 0 Å². The Bertz CT molecular complexity index is 360. The summed E-state index contributed by atoms with van der Waals surface area (Å²) in [6.07, 6.45) is 0.308. The van der Waals surface area contributed by atoms with Crippen molar-refractivity contribution in [1.82, 2.24) is 4.98 Å². The molecule has 0 unspecified atom stereocenters. The van der Waals surface area contributed by atoms with E-state index in [4.69, 9.17) is 10.5 Å². The molecule has 0 fully saturated rings. The van der Waals surface area contributed by atoms with Gasteiger partial charge in [-0.25, -0.2) is 4.98 Å². The van der Waals surface area contributed by atoms with E-state index in [9.17, 15) is 4.79 Å². The van der Waals surface area contributed by atoms with Crippen LogP contribution in [0.25, 0.3) is 0 Å². The molecule has 0 aliphatic carbocycles. The lowest BCUT2D eigenvalue weighted by Crippen LogP contribution is -2.01. The molecule has 2 heterocycles. The average molecular weight is 164 g/mol. The maximum atomic E-state index is 10.9. The van der Waals surface area contributed by atoms with Gasteiger partial charge in [0.15, 0.2) is 11.6 Å². The second kappa shape index (κ2) is 2.20. The normalized spacial score (nSPS) is 14.2. The number of nitrogen functional groups attached to an aromatic ring is 1. The summed E-state index contributed by atoms with van der Waals surface area (Å²) in [5, 5.41) is 0. The number of carbonyl (C=O) groups is 1. The lowest BCUT2D eigenvalue weighted by molar-refractivity contribution is -0.131. The highest BCUT2D eigenvalue weighted by Gasteiger charge is 2.23. The summed E-state index contributed by atoms with van der Waals surface area (Å²) in [4.78, 5) is 14.8. The van der Waals surface area contributed by atoms with E-state index >= 15 is 0 Å². The van der Waals surface area contributed by atoms with E-state index in [2.05, 4.69) is 4.98 Å². The molecule has 4 heteroatoms. The van der Waals surface area contributed by atoms with Gasteiger partial charge in [0.1, 0.15) is 0 Å². The Balaban J connectivity index is 2.59. The third kappa shape index (κ3) is 0.922. The van der Waals surface area contributed by atoms with Gasteiger partial charge in [0.05, 0.1) is 6.42 Å². The van der Waals surface area contributed by atoms with Crippen LogP contribution >= 0.6 is 0 Å². The van der Waals surface area contributed by atoms with Crippen molar-refractivity contribution in [3.8, 4) is 5.75 Å². The van der Waals surface area contributed by atoms with Crippen molar-refractivity contribution < 1.29 is 9.53 Å². The first kappa shape index (κ1) is 7.09. The number of anilines is 1. The van der Waals surface area contributed by atoms with Gasteiger partial charge < -0.3 is 10.5 Å². The molecule has 0 amide bonds. The first-order valence-electron chi connectivity index (χ1n) is 3.63. The van der Waals surface area contributed by atoms with E-state index < -0.39 is 0 Å². The summed E-state index contributed by atoms with van der Waals surface area (Å²) >= 11 is 0. The van der Waals surface area contributed by atoms with E-state index in [1.54, 1.807) is 0 Å². The molecule has 1 aromatic rings. The molecule has 0 saturated heterocycles. The molecule has 0 spiro atoms. The minimum Gasteiger partial charge on any atom is -0.422 e. The monoisotopic (exact) mass is 164 g/mol. The highest BCUT2D eigenvalue weighted by atomic mass is 16.5. The van der Waals surface area contributed by atoms with Crippen molar-refractivity contribution in [2.45, 2.75) is 13.3 Å². The number of nitrogens with two attached hydrogens (primary N) is 1. The fraction of sp³-hybridized carbons (Fsp3) is 0.250. The zero-order chi connectivity index (χ0) is 8.72. The van der Waals surface area contributed by atoms with E-state index in [0.29, 0.717) is 18.0 Å². The lowest BCUT2D eigenvalue weighted by Gasteiger charge is -2.01. The highest BCUT2D eigenvalue weighted by molar-refractivity contribution is 5.83. The van der Waals surface area contributed by atoms with Crippen LogP contribution in [0.2, 0.25) is 0 Å². The van der Waals surface area contributed by atoms with Gasteiger partial charge in [-0.1, -0.05) is 0 Å². The summed E-state index contributed by atoms with van der Waals surface area (Å²) in [5.74, 6) is 0.477. The van der Waals surface area contributed by atoms with Crippen LogP contribution in [0, 0.1) is 6.92 Å². The van der Waals surface area contributed by atoms with Crippen molar-refractivity contribution in [2.24, 2.45) is 0 Å².